The highest BCUT2D eigenvalue weighted by molar-refractivity contribution is 6.00. The first-order valence-corrected chi connectivity index (χ1v) is 10.7. The van der Waals surface area contributed by atoms with Crippen LogP contribution >= 0.6 is 0 Å². The molecule has 2 aliphatic rings. The predicted molar refractivity (Wildman–Crippen MR) is 117 cm³/mol. The fourth-order valence-electron chi connectivity index (χ4n) is 4.29. The lowest BCUT2D eigenvalue weighted by Gasteiger charge is -2.23. The maximum absolute atomic E-state index is 12.8. The van der Waals surface area contributed by atoms with Crippen LogP contribution in [0.25, 0.3) is 0 Å². The highest BCUT2D eigenvalue weighted by Gasteiger charge is 2.33. The van der Waals surface area contributed by atoms with E-state index in [1.807, 2.05) is 35.2 Å². The minimum atomic E-state index is -0.688. The van der Waals surface area contributed by atoms with Gasteiger partial charge in [0.15, 0.2) is 0 Å². The van der Waals surface area contributed by atoms with Crippen molar-refractivity contribution in [2.45, 2.75) is 31.7 Å². The Kier molecular flexibility index (Phi) is 6.21. The van der Waals surface area contributed by atoms with Crippen molar-refractivity contribution in [3.05, 3.63) is 60.2 Å². The van der Waals surface area contributed by atoms with Crippen LogP contribution in [0.2, 0.25) is 0 Å². The zero-order chi connectivity index (χ0) is 20.9. The lowest BCUT2D eigenvalue weighted by Crippen LogP contribution is -2.52. The number of likely N-dealkylation sites (N-methyl/N-ethyl adjacent to an activating group) is 1. The van der Waals surface area contributed by atoms with Gasteiger partial charge in [0.2, 0.25) is 0 Å². The molecule has 2 heterocycles. The standard InChI is InChI=1S/C24H29N3O3/c1-26-21-12-5-6-13-22(21)30-17-20(23(26)28)25-24(29)27-15-14-19(16-27)11-7-10-18-8-3-2-4-9-18/h2-6,8-9,12-13,19-20H,7,10-11,14-17H2,1H3,(H,25,29)/t19?,20-/m0/s1. The minimum Gasteiger partial charge on any atom is -0.489 e. The molecule has 0 spiro atoms. The maximum Gasteiger partial charge on any atom is 0.318 e. The lowest BCUT2D eigenvalue weighted by atomic mass is 9.99. The van der Waals surface area contributed by atoms with Gasteiger partial charge in [-0.3, -0.25) is 4.79 Å². The van der Waals surface area contributed by atoms with Crippen molar-refractivity contribution in [3.63, 3.8) is 0 Å². The maximum atomic E-state index is 12.8. The van der Waals surface area contributed by atoms with Crippen LogP contribution in [-0.4, -0.2) is 49.6 Å². The number of hydrogen-bond acceptors (Lipinski definition) is 3. The Bertz CT molecular complexity index is 886. The number of nitrogens with one attached hydrogen (secondary N) is 1. The quantitative estimate of drug-likeness (QED) is 0.826. The Morgan fingerprint density at radius 1 is 1.13 bits per heavy atom. The first kappa shape index (κ1) is 20.3. The van der Waals surface area contributed by atoms with Gasteiger partial charge >= 0.3 is 6.03 Å². The molecule has 2 atom stereocenters. The van der Waals surface area contributed by atoms with Crippen LogP contribution in [-0.2, 0) is 11.2 Å². The van der Waals surface area contributed by atoms with Crippen LogP contribution in [0.15, 0.2) is 54.6 Å². The summed E-state index contributed by atoms with van der Waals surface area (Å²) >= 11 is 0. The van der Waals surface area contributed by atoms with Crippen molar-refractivity contribution in [2.24, 2.45) is 5.92 Å². The normalized spacial score (nSPS) is 21.0. The predicted octanol–water partition coefficient (Wildman–Crippen LogP) is 3.46. The monoisotopic (exact) mass is 407 g/mol. The molecule has 1 fully saturated rings. The second-order valence-electron chi connectivity index (χ2n) is 8.16. The minimum absolute atomic E-state index is 0.139. The molecule has 1 N–H and O–H groups in total. The van der Waals surface area contributed by atoms with Gasteiger partial charge in [0.25, 0.3) is 5.91 Å². The number of ether oxygens (including phenoxy) is 1. The summed E-state index contributed by atoms with van der Waals surface area (Å²) in [7, 11) is 1.72. The Balaban J connectivity index is 1.27. The zero-order valence-electron chi connectivity index (χ0n) is 17.4. The third-order valence-electron chi connectivity index (χ3n) is 6.05. The Labute approximate surface area is 177 Å². The molecule has 0 aliphatic carbocycles. The van der Waals surface area contributed by atoms with E-state index in [0.717, 1.165) is 44.5 Å². The number of anilines is 1. The smallest absolute Gasteiger partial charge is 0.318 e. The number of carbonyl (C=O) groups is 2. The molecule has 1 unspecified atom stereocenters. The Morgan fingerprint density at radius 2 is 1.90 bits per heavy atom. The number of carbonyl (C=O) groups excluding carboxylic acids is 2. The van der Waals surface area contributed by atoms with Gasteiger partial charge in [-0.05, 0) is 49.3 Å². The van der Waals surface area contributed by atoms with Crippen molar-refractivity contribution >= 4 is 17.6 Å². The summed E-state index contributed by atoms with van der Waals surface area (Å²) in [6.45, 7) is 1.62. The van der Waals surface area contributed by atoms with Crippen molar-refractivity contribution in [1.82, 2.24) is 10.2 Å². The number of benzene rings is 2. The molecule has 0 bridgehead atoms. The number of urea groups is 1. The second-order valence-corrected chi connectivity index (χ2v) is 8.16. The molecule has 2 aromatic rings. The van der Waals surface area contributed by atoms with Crippen LogP contribution in [0.5, 0.6) is 5.75 Å². The first-order valence-electron chi connectivity index (χ1n) is 10.7. The van der Waals surface area contributed by atoms with Crippen LogP contribution in [0, 0.1) is 5.92 Å². The van der Waals surface area contributed by atoms with E-state index in [9.17, 15) is 9.59 Å². The molecular weight excluding hydrogens is 378 g/mol. The van der Waals surface area contributed by atoms with Gasteiger partial charge in [0.05, 0.1) is 5.69 Å². The van der Waals surface area contributed by atoms with E-state index in [0.29, 0.717) is 11.7 Å². The molecule has 2 aromatic carbocycles. The molecule has 2 aliphatic heterocycles. The van der Waals surface area contributed by atoms with E-state index >= 15 is 0 Å². The fraction of sp³-hybridized carbons (Fsp3) is 0.417. The van der Waals surface area contributed by atoms with Gasteiger partial charge < -0.3 is 19.9 Å². The number of aryl methyl sites for hydroxylation is 1. The Morgan fingerprint density at radius 3 is 2.73 bits per heavy atom. The van der Waals surface area contributed by atoms with E-state index in [1.54, 1.807) is 11.9 Å². The van der Waals surface area contributed by atoms with Crippen LogP contribution in [0.3, 0.4) is 0 Å². The van der Waals surface area contributed by atoms with Gasteiger partial charge in [-0.1, -0.05) is 42.5 Å². The molecule has 3 amide bonds. The lowest BCUT2D eigenvalue weighted by molar-refractivity contribution is -0.120. The largest absolute Gasteiger partial charge is 0.489 e. The number of fused-ring (bicyclic) bond motifs is 1. The van der Waals surface area contributed by atoms with E-state index in [4.69, 9.17) is 4.74 Å². The first-order chi connectivity index (χ1) is 14.6. The van der Waals surface area contributed by atoms with E-state index < -0.39 is 6.04 Å². The van der Waals surface area contributed by atoms with Crippen LogP contribution in [0.1, 0.15) is 24.8 Å². The summed E-state index contributed by atoms with van der Waals surface area (Å²) in [5.41, 5.74) is 2.08. The molecule has 30 heavy (non-hydrogen) atoms. The highest BCUT2D eigenvalue weighted by atomic mass is 16.5. The summed E-state index contributed by atoms with van der Waals surface area (Å²) in [6, 6.07) is 17.1. The summed E-state index contributed by atoms with van der Waals surface area (Å²) in [5, 5.41) is 2.89. The third-order valence-corrected chi connectivity index (χ3v) is 6.05. The second kappa shape index (κ2) is 9.20. The van der Waals surface area contributed by atoms with Crippen molar-refractivity contribution in [1.29, 1.82) is 0 Å². The number of hydrogen-bond donors (Lipinski definition) is 1. The number of amides is 3. The van der Waals surface area contributed by atoms with Gasteiger partial charge in [0.1, 0.15) is 18.4 Å². The van der Waals surface area contributed by atoms with E-state index in [2.05, 4.69) is 29.6 Å². The highest BCUT2D eigenvalue weighted by Crippen LogP contribution is 2.30. The summed E-state index contributed by atoms with van der Waals surface area (Å²) in [6.07, 6.45) is 4.33. The summed E-state index contributed by atoms with van der Waals surface area (Å²) in [5.74, 6) is 1.02. The van der Waals surface area contributed by atoms with Gasteiger partial charge in [0, 0.05) is 20.1 Å². The molecule has 1 saturated heterocycles. The van der Waals surface area contributed by atoms with Crippen molar-refractivity contribution in [2.75, 3.05) is 31.6 Å². The third kappa shape index (κ3) is 4.58. The molecule has 158 valence electrons. The number of rotatable bonds is 5. The summed E-state index contributed by atoms with van der Waals surface area (Å²) in [4.78, 5) is 29.0. The van der Waals surface area contributed by atoms with Crippen LogP contribution < -0.4 is 15.0 Å². The molecule has 0 saturated carbocycles. The zero-order valence-corrected chi connectivity index (χ0v) is 17.4. The molecule has 0 radical (unpaired) electrons. The van der Waals surface area contributed by atoms with E-state index in [1.165, 1.54) is 5.56 Å². The molecule has 6 nitrogen and oxygen atoms in total. The molecule has 4 rings (SSSR count). The number of likely N-dealkylation sites (tertiary alicyclic amines) is 1. The summed E-state index contributed by atoms with van der Waals surface area (Å²) < 4.78 is 5.79. The molecule has 6 heteroatoms. The number of para-hydroxylation sites is 2. The van der Waals surface area contributed by atoms with Crippen molar-refractivity contribution < 1.29 is 14.3 Å². The fourth-order valence-corrected chi connectivity index (χ4v) is 4.29. The average Bonchev–Trinajstić information content (AvgIpc) is 3.21. The van der Waals surface area contributed by atoms with Gasteiger partial charge in [-0.2, -0.15) is 0 Å². The van der Waals surface area contributed by atoms with Crippen molar-refractivity contribution in [3.8, 4) is 5.75 Å². The topological polar surface area (TPSA) is 61.9 Å². The molecular formula is C24H29N3O3. The number of nitrogens with zero attached hydrogens (tertiary/aromatic N) is 2. The van der Waals surface area contributed by atoms with Crippen LogP contribution in [0.4, 0.5) is 10.5 Å². The van der Waals surface area contributed by atoms with Gasteiger partial charge in [-0.25, -0.2) is 4.79 Å². The van der Waals surface area contributed by atoms with Gasteiger partial charge in [-0.15, -0.1) is 0 Å². The Hall–Kier alpha value is -3.02. The SMILES string of the molecule is CN1C(=O)[C@@H](NC(=O)N2CCC(CCCc3ccccc3)C2)COc2ccccc21. The van der Waals surface area contributed by atoms with E-state index in [-0.39, 0.29) is 18.5 Å². The molecule has 0 aromatic heterocycles. The average molecular weight is 408 g/mol.